The van der Waals surface area contributed by atoms with Crippen LogP contribution in [0.15, 0.2) is 22.7 Å². The summed E-state index contributed by atoms with van der Waals surface area (Å²) in [6.07, 6.45) is 0. The Labute approximate surface area is 94.6 Å². The van der Waals surface area contributed by atoms with Gasteiger partial charge >= 0.3 is 0 Å². The molecule has 0 radical (unpaired) electrons. The molecular weight excluding hydrogens is 240 g/mol. The molecule has 0 saturated heterocycles. The highest BCUT2D eigenvalue weighted by Crippen LogP contribution is 2.36. The summed E-state index contributed by atoms with van der Waals surface area (Å²) in [4.78, 5) is 0. The average Bonchev–Trinajstić information content (AvgIpc) is 2.02. The zero-order valence-electron chi connectivity index (χ0n) is 9.23. The van der Waals surface area contributed by atoms with E-state index >= 15 is 0 Å². The molecule has 0 aliphatic rings. The van der Waals surface area contributed by atoms with Crippen molar-refractivity contribution in [2.24, 2.45) is 0 Å². The van der Waals surface area contributed by atoms with E-state index in [4.69, 9.17) is 4.74 Å². The molecule has 1 aromatic rings. The van der Waals surface area contributed by atoms with Crippen molar-refractivity contribution in [2.75, 3.05) is 6.61 Å². The van der Waals surface area contributed by atoms with Gasteiger partial charge in [-0.3, -0.25) is 0 Å². The van der Waals surface area contributed by atoms with Gasteiger partial charge in [-0.05, 0) is 24.5 Å². The van der Waals surface area contributed by atoms with Gasteiger partial charge in [0.2, 0.25) is 0 Å². The van der Waals surface area contributed by atoms with Crippen LogP contribution in [0.25, 0.3) is 0 Å². The molecule has 1 rings (SSSR count). The van der Waals surface area contributed by atoms with Gasteiger partial charge < -0.3 is 4.74 Å². The second-order valence-corrected chi connectivity index (χ2v) is 5.15. The molecule has 0 N–H and O–H groups in total. The monoisotopic (exact) mass is 256 g/mol. The topological polar surface area (TPSA) is 9.23 Å². The molecule has 0 atom stereocenters. The van der Waals surface area contributed by atoms with Crippen LogP contribution >= 0.6 is 15.9 Å². The smallest absolute Gasteiger partial charge is 0.124 e. The van der Waals surface area contributed by atoms with Gasteiger partial charge in [-0.15, -0.1) is 0 Å². The van der Waals surface area contributed by atoms with E-state index in [1.807, 2.05) is 19.1 Å². The first-order valence-electron chi connectivity index (χ1n) is 4.88. The molecule has 0 aliphatic heterocycles. The van der Waals surface area contributed by atoms with Crippen molar-refractivity contribution < 1.29 is 4.74 Å². The molecule has 1 nitrogen and oxygen atoms in total. The molecule has 0 heterocycles. The van der Waals surface area contributed by atoms with Crippen LogP contribution in [-0.2, 0) is 5.41 Å². The van der Waals surface area contributed by atoms with Crippen LogP contribution in [0.3, 0.4) is 0 Å². The fraction of sp³-hybridized carbons (Fsp3) is 0.500. The van der Waals surface area contributed by atoms with E-state index in [0.717, 1.165) is 10.2 Å². The molecule has 78 valence electrons. The van der Waals surface area contributed by atoms with Gasteiger partial charge in [0.15, 0.2) is 0 Å². The van der Waals surface area contributed by atoms with E-state index in [9.17, 15) is 0 Å². The second-order valence-electron chi connectivity index (χ2n) is 4.30. The zero-order chi connectivity index (χ0) is 10.8. The Balaban J connectivity index is 3.22. The van der Waals surface area contributed by atoms with Crippen molar-refractivity contribution in [3.05, 3.63) is 28.2 Å². The molecule has 0 unspecified atom stereocenters. The minimum atomic E-state index is 0.102. The molecule has 1 aromatic carbocycles. The van der Waals surface area contributed by atoms with Crippen LogP contribution < -0.4 is 4.74 Å². The lowest BCUT2D eigenvalue weighted by Gasteiger charge is -2.24. The highest BCUT2D eigenvalue weighted by atomic mass is 79.9. The SMILES string of the molecule is CCOc1cccc(Br)c1C(C)(C)C. The lowest BCUT2D eigenvalue weighted by atomic mass is 9.86. The Morgan fingerprint density at radius 1 is 1.29 bits per heavy atom. The third kappa shape index (κ3) is 2.50. The lowest BCUT2D eigenvalue weighted by molar-refractivity contribution is 0.329. The maximum atomic E-state index is 5.61. The van der Waals surface area contributed by atoms with Crippen LogP contribution in [0.1, 0.15) is 33.3 Å². The standard InChI is InChI=1S/C12H17BrO/c1-5-14-10-8-6-7-9(13)11(10)12(2,3)4/h6-8H,5H2,1-4H3. The van der Waals surface area contributed by atoms with Crippen LogP contribution in [-0.4, -0.2) is 6.61 Å². The summed E-state index contributed by atoms with van der Waals surface area (Å²) < 4.78 is 6.74. The molecule has 0 aliphatic carbocycles. The molecule has 2 heteroatoms. The van der Waals surface area contributed by atoms with E-state index in [2.05, 4.69) is 42.8 Å². The first-order chi connectivity index (χ1) is 6.46. The van der Waals surface area contributed by atoms with Gasteiger partial charge in [0, 0.05) is 10.0 Å². The lowest BCUT2D eigenvalue weighted by Crippen LogP contribution is -2.14. The summed E-state index contributed by atoms with van der Waals surface area (Å²) in [5.74, 6) is 0.981. The third-order valence-corrected chi connectivity index (χ3v) is 2.69. The maximum Gasteiger partial charge on any atom is 0.124 e. The molecule has 0 spiro atoms. The van der Waals surface area contributed by atoms with E-state index < -0.39 is 0 Å². The quantitative estimate of drug-likeness (QED) is 0.773. The number of hydrogen-bond acceptors (Lipinski definition) is 1. The summed E-state index contributed by atoms with van der Waals surface area (Å²) in [5.41, 5.74) is 1.34. The van der Waals surface area contributed by atoms with Crippen molar-refractivity contribution in [2.45, 2.75) is 33.1 Å². The van der Waals surface area contributed by atoms with Crippen molar-refractivity contribution in [1.82, 2.24) is 0 Å². The third-order valence-electron chi connectivity index (χ3n) is 2.03. The highest BCUT2D eigenvalue weighted by Gasteiger charge is 2.21. The number of ether oxygens (including phenoxy) is 1. The van der Waals surface area contributed by atoms with Crippen LogP contribution in [0, 0.1) is 0 Å². The number of halogens is 1. The second kappa shape index (κ2) is 4.35. The first kappa shape index (κ1) is 11.6. The largest absolute Gasteiger partial charge is 0.494 e. The zero-order valence-corrected chi connectivity index (χ0v) is 10.8. The average molecular weight is 257 g/mol. The number of benzene rings is 1. The van der Waals surface area contributed by atoms with Crippen molar-refractivity contribution >= 4 is 15.9 Å². The fourth-order valence-electron chi connectivity index (χ4n) is 1.51. The molecule has 0 aromatic heterocycles. The predicted octanol–water partition coefficient (Wildman–Crippen LogP) is 4.15. The van der Waals surface area contributed by atoms with Crippen molar-refractivity contribution in [1.29, 1.82) is 0 Å². The van der Waals surface area contributed by atoms with Crippen LogP contribution in [0.5, 0.6) is 5.75 Å². The molecular formula is C12H17BrO. The number of hydrogen-bond donors (Lipinski definition) is 0. The van der Waals surface area contributed by atoms with Crippen LogP contribution in [0.4, 0.5) is 0 Å². The summed E-state index contributed by atoms with van der Waals surface area (Å²) in [6, 6.07) is 6.09. The Morgan fingerprint density at radius 2 is 1.93 bits per heavy atom. The van der Waals surface area contributed by atoms with Gasteiger partial charge in [0.05, 0.1) is 6.61 Å². The highest BCUT2D eigenvalue weighted by molar-refractivity contribution is 9.10. The summed E-state index contributed by atoms with van der Waals surface area (Å²) in [7, 11) is 0. The van der Waals surface area contributed by atoms with Crippen LogP contribution in [0.2, 0.25) is 0 Å². The molecule has 0 fully saturated rings. The molecule has 0 bridgehead atoms. The van der Waals surface area contributed by atoms with E-state index in [1.165, 1.54) is 5.56 Å². The summed E-state index contributed by atoms with van der Waals surface area (Å²) in [6.45, 7) is 9.29. The molecule has 0 saturated carbocycles. The summed E-state index contributed by atoms with van der Waals surface area (Å²) in [5, 5.41) is 0. The van der Waals surface area contributed by atoms with E-state index in [0.29, 0.717) is 6.61 Å². The predicted molar refractivity (Wildman–Crippen MR) is 64.0 cm³/mol. The van der Waals surface area contributed by atoms with Gasteiger partial charge in [-0.1, -0.05) is 42.8 Å². The fourth-order valence-corrected chi connectivity index (χ4v) is 2.45. The maximum absolute atomic E-state index is 5.61. The Bertz CT molecular complexity index is 313. The Kier molecular flexibility index (Phi) is 3.59. The van der Waals surface area contributed by atoms with Gasteiger partial charge in [-0.2, -0.15) is 0 Å². The molecule has 14 heavy (non-hydrogen) atoms. The Hall–Kier alpha value is -0.500. The Morgan fingerprint density at radius 3 is 2.43 bits per heavy atom. The number of rotatable bonds is 2. The van der Waals surface area contributed by atoms with Crippen molar-refractivity contribution in [3.8, 4) is 5.75 Å². The van der Waals surface area contributed by atoms with E-state index in [-0.39, 0.29) is 5.41 Å². The summed E-state index contributed by atoms with van der Waals surface area (Å²) >= 11 is 3.57. The normalized spacial score (nSPS) is 11.5. The minimum absolute atomic E-state index is 0.102. The van der Waals surface area contributed by atoms with Gasteiger partial charge in [0.25, 0.3) is 0 Å². The van der Waals surface area contributed by atoms with Gasteiger partial charge in [0.1, 0.15) is 5.75 Å². The van der Waals surface area contributed by atoms with Crippen molar-refractivity contribution in [3.63, 3.8) is 0 Å². The first-order valence-corrected chi connectivity index (χ1v) is 5.68. The minimum Gasteiger partial charge on any atom is -0.494 e. The molecule has 0 amide bonds. The van der Waals surface area contributed by atoms with Gasteiger partial charge in [-0.25, -0.2) is 0 Å². The van der Waals surface area contributed by atoms with E-state index in [1.54, 1.807) is 0 Å².